The zero-order chi connectivity index (χ0) is 9.97. The normalized spacial score (nSPS) is 10.4. The minimum atomic E-state index is 0.685. The number of anilines is 1. The van der Waals surface area contributed by atoms with Gasteiger partial charge in [-0.3, -0.25) is 0 Å². The van der Waals surface area contributed by atoms with Crippen LogP contribution in [0.5, 0.6) is 0 Å². The molecule has 2 aromatic rings. The van der Waals surface area contributed by atoms with E-state index in [9.17, 15) is 0 Å². The van der Waals surface area contributed by atoms with Crippen LogP contribution in [-0.4, -0.2) is 9.97 Å². The molecule has 0 aliphatic heterocycles. The van der Waals surface area contributed by atoms with Crippen LogP contribution in [0.2, 0.25) is 4.34 Å². The molecule has 14 heavy (non-hydrogen) atoms. The summed E-state index contributed by atoms with van der Waals surface area (Å²) in [6, 6.07) is 0. The summed E-state index contributed by atoms with van der Waals surface area (Å²) in [7, 11) is 0. The molecule has 0 radical (unpaired) electrons. The average molecular weight is 246 g/mol. The highest BCUT2D eigenvalue weighted by molar-refractivity contribution is 7.16. The summed E-state index contributed by atoms with van der Waals surface area (Å²) in [4.78, 5) is 9.53. The van der Waals surface area contributed by atoms with Gasteiger partial charge in [0, 0.05) is 11.1 Å². The van der Waals surface area contributed by atoms with Crippen LogP contribution >= 0.6 is 34.3 Å². The molecule has 1 N–H and O–H groups in total. The van der Waals surface area contributed by atoms with E-state index in [0.29, 0.717) is 6.54 Å². The van der Waals surface area contributed by atoms with Crippen LogP contribution in [-0.2, 0) is 6.54 Å². The molecule has 0 saturated carbocycles. The number of thiazole rings is 2. The second kappa shape index (κ2) is 4.25. The molecule has 2 rings (SSSR count). The summed E-state index contributed by atoms with van der Waals surface area (Å²) in [6.45, 7) is 2.72. The molecule has 2 aromatic heterocycles. The Kier molecular flexibility index (Phi) is 3.00. The highest BCUT2D eigenvalue weighted by Gasteiger charge is 2.01. The number of nitrogens with zero attached hydrogens (tertiary/aromatic N) is 2. The van der Waals surface area contributed by atoms with Crippen molar-refractivity contribution in [1.82, 2.24) is 9.97 Å². The third-order valence-electron chi connectivity index (χ3n) is 1.54. The first kappa shape index (κ1) is 9.89. The molecule has 0 atom stereocenters. The van der Waals surface area contributed by atoms with Crippen molar-refractivity contribution >= 4 is 39.4 Å². The highest BCUT2D eigenvalue weighted by Crippen LogP contribution is 2.21. The van der Waals surface area contributed by atoms with Crippen LogP contribution in [0.1, 0.15) is 9.88 Å². The fraction of sp³-hybridized carbons (Fsp3) is 0.250. The van der Waals surface area contributed by atoms with E-state index in [1.807, 2.05) is 13.1 Å². The fourth-order valence-electron chi connectivity index (χ4n) is 0.957. The largest absolute Gasteiger partial charge is 0.355 e. The molecule has 2 heterocycles. The molecule has 0 saturated heterocycles. The predicted octanol–water partition coefficient (Wildman–Crippen LogP) is 3.17. The first-order valence-corrected chi connectivity index (χ1v) is 6.01. The third kappa shape index (κ3) is 2.43. The van der Waals surface area contributed by atoms with Crippen LogP contribution in [0, 0.1) is 6.92 Å². The Morgan fingerprint density at radius 2 is 2.21 bits per heavy atom. The molecule has 0 bridgehead atoms. The van der Waals surface area contributed by atoms with E-state index in [1.165, 1.54) is 16.2 Å². The van der Waals surface area contributed by atoms with Gasteiger partial charge < -0.3 is 5.32 Å². The smallest absolute Gasteiger partial charge is 0.183 e. The van der Waals surface area contributed by atoms with Crippen LogP contribution in [0.15, 0.2) is 12.4 Å². The van der Waals surface area contributed by atoms with Gasteiger partial charge in [-0.2, -0.15) is 0 Å². The van der Waals surface area contributed by atoms with Crippen molar-refractivity contribution in [1.29, 1.82) is 0 Å². The van der Waals surface area contributed by atoms with Gasteiger partial charge in [-0.05, 0) is 6.92 Å². The molecule has 3 nitrogen and oxygen atoms in total. The molecule has 0 amide bonds. The van der Waals surface area contributed by atoms with Crippen LogP contribution < -0.4 is 5.32 Å². The summed E-state index contributed by atoms with van der Waals surface area (Å²) < 4.78 is 0.720. The Hall–Kier alpha value is -0.650. The maximum atomic E-state index is 5.76. The molecule has 0 aliphatic carbocycles. The van der Waals surface area contributed by atoms with Crippen molar-refractivity contribution in [3.63, 3.8) is 0 Å². The van der Waals surface area contributed by atoms with E-state index < -0.39 is 0 Å². The standard InChI is InChI=1S/C8H8ClN3S2/c1-5-2-11-8(13-5)12-4-7-10-3-6(9)14-7/h2-3H,4H2,1H3,(H,11,12). The van der Waals surface area contributed by atoms with Crippen LogP contribution in [0.4, 0.5) is 5.13 Å². The number of hydrogen-bond acceptors (Lipinski definition) is 5. The van der Waals surface area contributed by atoms with Crippen LogP contribution in [0.3, 0.4) is 0 Å². The van der Waals surface area contributed by atoms with Gasteiger partial charge in [0.05, 0.1) is 12.7 Å². The lowest BCUT2D eigenvalue weighted by Crippen LogP contribution is -1.97. The summed E-state index contributed by atoms with van der Waals surface area (Å²) in [5.74, 6) is 0. The first-order valence-electron chi connectivity index (χ1n) is 4.00. The van der Waals surface area contributed by atoms with Crippen molar-refractivity contribution in [3.05, 3.63) is 26.6 Å². The maximum absolute atomic E-state index is 5.76. The topological polar surface area (TPSA) is 37.8 Å². The Labute approximate surface area is 94.8 Å². The number of aromatic nitrogens is 2. The molecular weight excluding hydrogens is 238 g/mol. The van der Waals surface area contributed by atoms with Gasteiger partial charge in [0.25, 0.3) is 0 Å². The zero-order valence-electron chi connectivity index (χ0n) is 7.45. The predicted molar refractivity (Wildman–Crippen MR) is 61.3 cm³/mol. The van der Waals surface area contributed by atoms with Gasteiger partial charge >= 0.3 is 0 Å². The minimum absolute atomic E-state index is 0.685. The number of aryl methyl sites for hydroxylation is 1. The molecule has 0 fully saturated rings. The number of nitrogens with one attached hydrogen (secondary N) is 1. The lowest BCUT2D eigenvalue weighted by Gasteiger charge is -1.97. The Balaban J connectivity index is 1.94. The Bertz CT molecular complexity index is 383. The van der Waals surface area contributed by atoms with Crippen molar-refractivity contribution < 1.29 is 0 Å². The lowest BCUT2D eigenvalue weighted by molar-refractivity contribution is 1.09. The molecule has 74 valence electrons. The molecule has 6 heteroatoms. The van der Waals surface area contributed by atoms with E-state index in [2.05, 4.69) is 15.3 Å². The van der Waals surface area contributed by atoms with Gasteiger partial charge in [-0.25, -0.2) is 9.97 Å². The first-order chi connectivity index (χ1) is 6.74. The van der Waals surface area contributed by atoms with Gasteiger partial charge in [-0.1, -0.05) is 11.6 Å². The molecular formula is C8H8ClN3S2. The SMILES string of the molecule is Cc1cnc(NCc2ncc(Cl)s2)s1. The second-order valence-corrected chi connectivity index (χ2v) is 5.67. The highest BCUT2D eigenvalue weighted by atomic mass is 35.5. The van der Waals surface area contributed by atoms with Gasteiger partial charge in [0.2, 0.25) is 0 Å². The van der Waals surface area contributed by atoms with Crippen molar-refractivity contribution in [3.8, 4) is 0 Å². The third-order valence-corrected chi connectivity index (χ3v) is 3.52. The Morgan fingerprint density at radius 1 is 1.36 bits per heavy atom. The fourth-order valence-corrected chi connectivity index (χ4v) is 2.51. The Morgan fingerprint density at radius 3 is 2.79 bits per heavy atom. The van der Waals surface area contributed by atoms with Crippen molar-refractivity contribution in [2.45, 2.75) is 13.5 Å². The monoisotopic (exact) mass is 245 g/mol. The van der Waals surface area contributed by atoms with E-state index >= 15 is 0 Å². The van der Waals surface area contributed by atoms with E-state index in [-0.39, 0.29) is 0 Å². The molecule has 0 unspecified atom stereocenters. The molecule has 0 spiro atoms. The van der Waals surface area contributed by atoms with Gasteiger partial charge in [-0.15, -0.1) is 22.7 Å². The van der Waals surface area contributed by atoms with Crippen molar-refractivity contribution in [2.24, 2.45) is 0 Å². The molecule has 0 aromatic carbocycles. The average Bonchev–Trinajstić information content (AvgIpc) is 2.72. The van der Waals surface area contributed by atoms with Crippen LogP contribution in [0.25, 0.3) is 0 Å². The quantitative estimate of drug-likeness (QED) is 0.903. The van der Waals surface area contributed by atoms with Gasteiger partial charge in [0.15, 0.2) is 5.13 Å². The summed E-state index contributed by atoms with van der Waals surface area (Å²) in [5.41, 5.74) is 0. The van der Waals surface area contributed by atoms with Gasteiger partial charge in [0.1, 0.15) is 9.34 Å². The zero-order valence-corrected chi connectivity index (χ0v) is 9.84. The number of rotatable bonds is 3. The number of halogens is 1. The lowest BCUT2D eigenvalue weighted by atomic mass is 10.6. The van der Waals surface area contributed by atoms with Crippen molar-refractivity contribution in [2.75, 3.05) is 5.32 Å². The minimum Gasteiger partial charge on any atom is -0.355 e. The molecule has 0 aliphatic rings. The summed E-state index contributed by atoms with van der Waals surface area (Å²) in [5, 5.41) is 5.09. The maximum Gasteiger partial charge on any atom is 0.183 e. The summed E-state index contributed by atoms with van der Waals surface area (Å²) >= 11 is 8.88. The second-order valence-electron chi connectivity index (χ2n) is 2.69. The van der Waals surface area contributed by atoms with E-state index in [1.54, 1.807) is 17.5 Å². The number of hydrogen-bond donors (Lipinski definition) is 1. The van der Waals surface area contributed by atoms with E-state index in [0.717, 1.165) is 14.5 Å². The van der Waals surface area contributed by atoms with E-state index in [4.69, 9.17) is 11.6 Å². The summed E-state index contributed by atoms with van der Waals surface area (Å²) in [6.07, 6.45) is 3.51.